The van der Waals surface area contributed by atoms with Gasteiger partial charge in [-0.1, -0.05) is 6.07 Å². The maximum absolute atomic E-state index is 11.2. The van der Waals surface area contributed by atoms with Gasteiger partial charge in [0.2, 0.25) is 0 Å². The number of hydrogen-bond acceptors (Lipinski definition) is 4. The van der Waals surface area contributed by atoms with Crippen molar-refractivity contribution in [2.45, 2.75) is 18.3 Å². The molecule has 0 aromatic carbocycles. The van der Waals surface area contributed by atoms with E-state index in [0.29, 0.717) is 19.6 Å². The highest BCUT2D eigenvalue weighted by Crippen LogP contribution is 2.36. The van der Waals surface area contributed by atoms with E-state index in [2.05, 4.69) is 9.72 Å². The van der Waals surface area contributed by atoms with Gasteiger partial charge in [0.15, 0.2) is 0 Å². The summed E-state index contributed by atoms with van der Waals surface area (Å²) >= 11 is 0. The molecule has 4 nitrogen and oxygen atoms in total. The van der Waals surface area contributed by atoms with E-state index in [1.165, 1.54) is 7.11 Å². The molecule has 1 aromatic rings. The predicted octanol–water partition coefficient (Wildman–Crippen LogP) is 1.30. The largest absolute Gasteiger partial charge is 0.469 e. The Morgan fingerprint density at radius 1 is 1.62 bits per heavy atom. The van der Waals surface area contributed by atoms with E-state index in [-0.39, 0.29) is 11.4 Å². The Hall–Kier alpha value is -1.42. The molecular formula is C12H15NO3. The highest BCUT2D eigenvalue weighted by molar-refractivity contribution is 5.69. The van der Waals surface area contributed by atoms with Gasteiger partial charge in [0.25, 0.3) is 0 Å². The molecule has 0 spiro atoms. The van der Waals surface area contributed by atoms with Crippen LogP contribution in [0.3, 0.4) is 0 Å². The summed E-state index contributed by atoms with van der Waals surface area (Å²) in [4.78, 5) is 15.3. The fourth-order valence-corrected chi connectivity index (χ4v) is 1.92. The molecule has 0 unspecified atom stereocenters. The minimum Gasteiger partial charge on any atom is -0.469 e. The number of rotatable bonds is 4. The molecular weight excluding hydrogens is 206 g/mol. The first-order chi connectivity index (χ1) is 7.77. The van der Waals surface area contributed by atoms with E-state index < -0.39 is 0 Å². The van der Waals surface area contributed by atoms with Crippen LogP contribution in [0.5, 0.6) is 0 Å². The van der Waals surface area contributed by atoms with Crippen LogP contribution in [-0.2, 0) is 19.7 Å². The zero-order valence-corrected chi connectivity index (χ0v) is 9.31. The van der Waals surface area contributed by atoms with Crippen LogP contribution in [0, 0.1) is 0 Å². The van der Waals surface area contributed by atoms with Crippen LogP contribution in [0.15, 0.2) is 24.5 Å². The van der Waals surface area contributed by atoms with Crippen molar-refractivity contribution >= 4 is 5.97 Å². The summed E-state index contributed by atoms with van der Waals surface area (Å²) in [7, 11) is 1.41. The quantitative estimate of drug-likeness (QED) is 0.719. The Morgan fingerprint density at radius 3 is 2.94 bits per heavy atom. The van der Waals surface area contributed by atoms with Gasteiger partial charge in [0.1, 0.15) is 0 Å². The molecule has 16 heavy (non-hydrogen) atoms. The summed E-state index contributed by atoms with van der Waals surface area (Å²) in [5.41, 5.74) is 1.10. The SMILES string of the molecule is COC(=O)CCC1(c2cccnc2)COC1. The normalized spacial score (nSPS) is 17.6. The fourth-order valence-electron chi connectivity index (χ4n) is 1.92. The van der Waals surface area contributed by atoms with E-state index in [1.807, 2.05) is 18.3 Å². The second-order valence-electron chi connectivity index (χ2n) is 4.09. The monoisotopic (exact) mass is 221 g/mol. The van der Waals surface area contributed by atoms with Gasteiger partial charge in [-0.3, -0.25) is 9.78 Å². The number of aromatic nitrogens is 1. The van der Waals surface area contributed by atoms with Crippen molar-refractivity contribution < 1.29 is 14.3 Å². The summed E-state index contributed by atoms with van der Waals surface area (Å²) in [5.74, 6) is -0.171. The Kier molecular flexibility index (Phi) is 3.19. The lowest BCUT2D eigenvalue weighted by atomic mass is 9.76. The summed E-state index contributed by atoms with van der Waals surface area (Å²) in [5, 5.41) is 0. The fraction of sp³-hybridized carbons (Fsp3) is 0.500. The van der Waals surface area contributed by atoms with E-state index in [4.69, 9.17) is 4.74 Å². The van der Waals surface area contributed by atoms with Gasteiger partial charge in [0.05, 0.1) is 20.3 Å². The maximum atomic E-state index is 11.2. The predicted molar refractivity (Wildman–Crippen MR) is 58.0 cm³/mol. The highest BCUT2D eigenvalue weighted by atomic mass is 16.5. The molecule has 2 rings (SSSR count). The smallest absolute Gasteiger partial charge is 0.305 e. The number of methoxy groups -OCH3 is 1. The van der Waals surface area contributed by atoms with Gasteiger partial charge in [0, 0.05) is 24.2 Å². The van der Waals surface area contributed by atoms with E-state index in [1.54, 1.807) is 6.20 Å². The van der Waals surface area contributed by atoms with E-state index >= 15 is 0 Å². The van der Waals surface area contributed by atoms with Crippen LogP contribution in [0.25, 0.3) is 0 Å². The third-order valence-corrected chi connectivity index (χ3v) is 3.07. The summed E-state index contributed by atoms with van der Waals surface area (Å²) < 4.78 is 9.93. The first-order valence-electron chi connectivity index (χ1n) is 5.32. The van der Waals surface area contributed by atoms with Gasteiger partial charge < -0.3 is 9.47 Å². The minimum atomic E-state index is -0.171. The number of esters is 1. The summed E-state index contributed by atoms with van der Waals surface area (Å²) in [6.45, 7) is 1.32. The number of ether oxygens (including phenoxy) is 2. The molecule has 1 aromatic heterocycles. The van der Waals surface area contributed by atoms with Crippen LogP contribution in [0.2, 0.25) is 0 Å². The molecule has 0 radical (unpaired) electrons. The van der Waals surface area contributed by atoms with Crippen LogP contribution in [0.4, 0.5) is 0 Å². The molecule has 4 heteroatoms. The Bertz CT molecular complexity index is 360. The second-order valence-corrected chi connectivity index (χ2v) is 4.09. The molecule has 86 valence electrons. The van der Waals surface area contributed by atoms with Gasteiger partial charge in [-0.25, -0.2) is 0 Å². The lowest BCUT2D eigenvalue weighted by Crippen LogP contribution is -2.47. The van der Waals surface area contributed by atoms with Crippen molar-refractivity contribution in [2.24, 2.45) is 0 Å². The number of nitrogens with zero attached hydrogens (tertiary/aromatic N) is 1. The third-order valence-electron chi connectivity index (χ3n) is 3.07. The maximum Gasteiger partial charge on any atom is 0.305 e. The topological polar surface area (TPSA) is 48.4 Å². The molecule has 0 bridgehead atoms. The van der Waals surface area contributed by atoms with Crippen LogP contribution < -0.4 is 0 Å². The van der Waals surface area contributed by atoms with Crippen molar-refractivity contribution in [3.8, 4) is 0 Å². The average molecular weight is 221 g/mol. The molecule has 0 amide bonds. The van der Waals surface area contributed by atoms with Crippen molar-refractivity contribution in [3.05, 3.63) is 30.1 Å². The highest BCUT2D eigenvalue weighted by Gasteiger charge is 2.40. The first kappa shape index (κ1) is 11.1. The zero-order chi connectivity index (χ0) is 11.4. The van der Waals surface area contributed by atoms with Crippen molar-refractivity contribution in [2.75, 3.05) is 20.3 Å². The molecule has 1 saturated heterocycles. The Balaban J connectivity index is 2.06. The van der Waals surface area contributed by atoms with Crippen molar-refractivity contribution in [3.63, 3.8) is 0 Å². The van der Waals surface area contributed by atoms with Crippen LogP contribution in [-0.4, -0.2) is 31.3 Å². The molecule has 0 N–H and O–H groups in total. The number of carbonyl (C=O) groups excluding carboxylic acids is 1. The number of hydrogen-bond donors (Lipinski definition) is 0. The van der Waals surface area contributed by atoms with Gasteiger partial charge in [-0.2, -0.15) is 0 Å². The van der Waals surface area contributed by atoms with Gasteiger partial charge >= 0.3 is 5.97 Å². The van der Waals surface area contributed by atoms with Crippen molar-refractivity contribution in [1.82, 2.24) is 4.98 Å². The average Bonchev–Trinajstić information content (AvgIpc) is 2.29. The Labute approximate surface area is 94.6 Å². The Morgan fingerprint density at radius 2 is 2.44 bits per heavy atom. The number of carbonyl (C=O) groups is 1. The van der Waals surface area contributed by atoms with Gasteiger partial charge in [-0.05, 0) is 18.1 Å². The molecule has 0 aliphatic carbocycles. The van der Waals surface area contributed by atoms with Crippen LogP contribution >= 0.6 is 0 Å². The molecule has 0 atom stereocenters. The lowest BCUT2D eigenvalue weighted by Gasteiger charge is -2.41. The second kappa shape index (κ2) is 4.61. The lowest BCUT2D eigenvalue weighted by molar-refractivity contribution is -0.142. The molecule has 2 heterocycles. The van der Waals surface area contributed by atoms with Crippen LogP contribution in [0.1, 0.15) is 18.4 Å². The van der Waals surface area contributed by atoms with Gasteiger partial charge in [-0.15, -0.1) is 0 Å². The minimum absolute atomic E-state index is 0.0392. The molecule has 1 fully saturated rings. The zero-order valence-electron chi connectivity index (χ0n) is 9.31. The molecule has 1 aliphatic rings. The first-order valence-corrected chi connectivity index (χ1v) is 5.32. The third kappa shape index (κ3) is 2.07. The standard InChI is InChI=1S/C12H15NO3/c1-15-11(14)4-5-12(8-16-9-12)10-3-2-6-13-7-10/h2-3,6-7H,4-5,8-9H2,1H3. The van der Waals surface area contributed by atoms with E-state index in [9.17, 15) is 4.79 Å². The van der Waals surface area contributed by atoms with Crippen molar-refractivity contribution in [1.29, 1.82) is 0 Å². The van der Waals surface area contributed by atoms with E-state index in [0.717, 1.165) is 12.0 Å². The number of pyridine rings is 1. The molecule has 1 aliphatic heterocycles. The summed E-state index contributed by atoms with van der Waals surface area (Å²) in [6.07, 6.45) is 4.77. The summed E-state index contributed by atoms with van der Waals surface area (Å²) in [6, 6.07) is 3.94. The molecule has 0 saturated carbocycles.